The van der Waals surface area contributed by atoms with Crippen molar-refractivity contribution in [2.75, 3.05) is 0 Å². The molecule has 0 radical (unpaired) electrons. The highest BCUT2D eigenvalue weighted by Gasteiger charge is 2.12. The van der Waals surface area contributed by atoms with Crippen molar-refractivity contribution in [1.82, 2.24) is 9.55 Å². The highest BCUT2D eigenvalue weighted by atomic mass is 127. The summed E-state index contributed by atoms with van der Waals surface area (Å²) in [5, 5.41) is 0.576. The second kappa shape index (κ2) is 7.67. The Morgan fingerprint density at radius 2 is 1.79 bits per heavy atom. The minimum Gasteiger partial charge on any atom is -0.268 e. The Bertz CT molecular complexity index is 1260. The first-order chi connectivity index (χ1) is 13.5. The third-order valence-electron chi connectivity index (χ3n) is 4.41. The molecule has 28 heavy (non-hydrogen) atoms. The molecule has 5 heteroatoms. The predicted molar refractivity (Wildman–Crippen MR) is 120 cm³/mol. The van der Waals surface area contributed by atoms with Crippen LogP contribution in [0.1, 0.15) is 17.0 Å². The quantitative estimate of drug-likeness (QED) is 0.356. The van der Waals surface area contributed by atoms with Crippen LogP contribution in [0.3, 0.4) is 0 Å². The Balaban J connectivity index is 1.95. The fourth-order valence-electron chi connectivity index (χ4n) is 3.05. The summed E-state index contributed by atoms with van der Waals surface area (Å²) in [6.45, 7) is 1.99. The lowest BCUT2D eigenvalue weighted by atomic mass is 10.2. The monoisotopic (exact) mass is 482 g/mol. The normalized spacial score (nSPS) is 11.4. The van der Waals surface area contributed by atoms with Crippen molar-refractivity contribution < 1.29 is 4.39 Å². The molecule has 0 fully saturated rings. The van der Waals surface area contributed by atoms with E-state index in [2.05, 4.69) is 22.6 Å². The summed E-state index contributed by atoms with van der Waals surface area (Å²) in [5.41, 5.74) is 3.17. The van der Waals surface area contributed by atoms with E-state index in [0.29, 0.717) is 16.7 Å². The van der Waals surface area contributed by atoms with E-state index >= 15 is 0 Å². The smallest absolute Gasteiger partial charge is 0.266 e. The number of aryl methyl sites for hydroxylation is 1. The zero-order valence-electron chi connectivity index (χ0n) is 15.1. The van der Waals surface area contributed by atoms with Gasteiger partial charge in [0.05, 0.1) is 16.6 Å². The molecule has 0 aliphatic heterocycles. The van der Waals surface area contributed by atoms with E-state index in [9.17, 15) is 9.18 Å². The van der Waals surface area contributed by atoms with Crippen LogP contribution in [0.15, 0.2) is 71.5 Å². The number of hydrogen-bond acceptors (Lipinski definition) is 2. The third-order valence-corrected chi connectivity index (χ3v) is 5.08. The fourth-order valence-corrected chi connectivity index (χ4v) is 3.54. The molecule has 0 N–H and O–H groups in total. The molecule has 0 spiro atoms. The van der Waals surface area contributed by atoms with Crippen molar-refractivity contribution in [1.29, 1.82) is 0 Å². The lowest BCUT2D eigenvalue weighted by Crippen LogP contribution is -2.22. The second-order valence-electron chi connectivity index (χ2n) is 6.50. The Labute approximate surface area is 175 Å². The number of halogens is 2. The largest absolute Gasteiger partial charge is 0.268 e. The maximum Gasteiger partial charge on any atom is 0.266 e. The fraction of sp³-hybridized carbons (Fsp3) is 0.0435. The van der Waals surface area contributed by atoms with Crippen LogP contribution < -0.4 is 5.56 Å². The molecule has 1 aromatic heterocycles. The summed E-state index contributed by atoms with van der Waals surface area (Å²) in [4.78, 5) is 18.0. The van der Waals surface area contributed by atoms with Crippen molar-refractivity contribution in [3.63, 3.8) is 0 Å². The first-order valence-electron chi connectivity index (χ1n) is 8.74. The van der Waals surface area contributed by atoms with E-state index in [1.54, 1.807) is 22.8 Å². The van der Waals surface area contributed by atoms with Crippen molar-refractivity contribution >= 4 is 45.6 Å². The number of rotatable bonds is 3. The Hall–Kier alpha value is -2.80. The Morgan fingerprint density at radius 1 is 1.00 bits per heavy atom. The molecule has 4 rings (SSSR count). The molecule has 0 amide bonds. The van der Waals surface area contributed by atoms with Crippen LogP contribution >= 0.6 is 22.6 Å². The maximum atomic E-state index is 13.3. The lowest BCUT2D eigenvalue weighted by molar-refractivity contribution is 0.628. The molecule has 3 nitrogen and oxygen atoms in total. The highest BCUT2D eigenvalue weighted by Crippen LogP contribution is 2.18. The predicted octanol–water partition coefficient (Wildman–Crippen LogP) is 5.61. The summed E-state index contributed by atoms with van der Waals surface area (Å²) in [7, 11) is 0. The van der Waals surface area contributed by atoms with Gasteiger partial charge in [0, 0.05) is 3.57 Å². The molecule has 0 atom stereocenters. The molecule has 1 heterocycles. The van der Waals surface area contributed by atoms with Gasteiger partial charge >= 0.3 is 0 Å². The first kappa shape index (κ1) is 18.6. The van der Waals surface area contributed by atoms with Crippen LogP contribution in [0, 0.1) is 16.3 Å². The molecule has 0 unspecified atom stereocenters. The molecule has 0 bridgehead atoms. The minimum absolute atomic E-state index is 0.118. The van der Waals surface area contributed by atoms with Crippen molar-refractivity contribution in [2.45, 2.75) is 6.92 Å². The zero-order chi connectivity index (χ0) is 19.7. The Kier molecular flexibility index (Phi) is 5.09. The van der Waals surface area contributed by atoms with Gasteiger partial charge < -0.3 is 0 Å². The van der Waals surface area contributed by atoms with Gasteiger partial charge in [-0.1, -0.05) is 30.3 Å². The molecule has 0 saturated carbocycles. The van der Waals surface area contributed by atoms with Crippen LogP contribution in [0.25, 0.3) is 28.7 Å². The number of hydrogen-bond donors (Lipinski definition) is 0. The highest BCUT2D eigenvalue weighted by molar-refractivity contribution is 14.1. The van der Waals surface area contributed by atoms with Crippen molar-refractivity contribution in [3.8, 4) is 5.69 Å². The number of benzene rings is 3. The molecular formula is C23H16FIN2O. The van der Waals surface area contributed by atoms with E-state index in [0.717, 1.165) is 20.4 Å². The van der Waals surface area contributed by atoms with Crippen LogP contribution in [0.5, 0.6) is 0 Å². The molecular weight excluding hydrogens is 466 g/mol. The summed E-state index contributed by atoms with van der Waals surface area (Å²) in [6.07, 6.45) is 3.61. The standard InChI is InChI=1S/C23H16FIN2O/c1-15-3-2-4-19(13-15)27-22(12-7-16-5-8-17(24)9-6-16)26-21-11-10-18(25)14-20(21)23(27)28/h2-14H,1H3/b12-7+. The molecule has 0 aliphatic rings. The van der Waals surface area contributed by atoms with E-state index in [1.807, 2.05) is 55.5 Å². The number of fused-ring (bicyclic) bond motifs is 1. The van der Waals surface area contributed by atoms with Gasteiger partial charge in [0.15, 0.2) is 0 Å². The number of aromatic nitrogens is 2. The minimum atomic E-state index is -0.285. The van der Waals surface area contributed by atoms with E-state index in [1.165, 1.54) is 12.1 Å². The third kappa shape index (κ3) is 3.75. The summed E-state index contributed by atoms with van der Waals surface area (Å²) in [5.74, 6) is 0.237. The van der Waals surface area contributed by atoms with Crippen LogP contribution in [0.4, 0.5) is 4.39 Å². The van der Waals surface area contributed by atoms with Crippen molar-refractivity contribution in [3.05, 3.63) is 103 Å². The van der Waals surface area contributed by atoms with E-state index in [-0.39, 0.29) is 11.4 Å². The SMILES string of the molecule is Cc1cccc(-n2c(/C=C/c3ccc(F)cc3)nc3ccc(I)cc3c2=O)c1. The summed E-state index contributed by atoms with van der Waals surface area (Å²) >= 11 is 2.19. The average Bonchev–Trinajstić information content (AvgIpc) is 2.68. The molecule has 138 valence electrons. The van der Waals surface area contributed by atoms with Gasteiger partial charge in [0.25, 0.3) is 5.56 Å². The molecule has 0 saturated heterocycles. The topological polar surface area (TPSA) is 34.9 Å². The Morgan fingerprint density at radius 3 is 2.54 bits per heavy atom. The number of nitrogens with zero attached hydrogens (tertiary/aromatic N) is 2. The van der Waals surface area contributed by atoms with Gasteiger partial charge in [-0.15, -0.1) is 0 Å². The van der Waals surface area contributed by atoms with Crippen LogP contribution in [0.2, 0.25) is 0 Å². The van der Waals surface area contributed by atoms with E-state index in [4.69, 9.17) is 4.98 Å². The second-order valence-corrected chi connectivity index (χ2v) is 7.74. The first-order valence-corrected chi connectivity index (χ1v) is 9.82. The molecule has 0 aliphatic carbocycles. The van der Waals surface area contributed by atoms with Gasteiger partial charge in [-0.2, -0.15) is 0 Å². The van der Waals surface area contributed by atoms with Gasteiger partial charge in [-0.3, -0.25) is 9.36 Å². The summed E-state index contributed by atoms with van der Waals surface area (Å²) < 4.78 is 15.7. The maximum absolute atomic E-state index is 13.3. The average molecular weight is 482 g/mol. The van der Waals surface area contributed by atoms with Gasteiger partial charge in [0.2, 0.25) is 0 Å². The zero-order valence-corrected chi connectivity index (χ0v) is 17.2. The van der Waals surface area contributed by atoms with Gasteiger partial charge in [-0.05, 0) is 89.2 Å². The van der Waals surface area contributed by atoms with Gasteiger partial charge in [0.1, 0.15) is 11.6 Å². The lowest BCUT2D eigenvalue weighted by Gasteiger charge is -2.12. The molecule has 3 aromatic carbocycles. The van der Waals surface area contributed by atoms with Crippen LogP contribution in [-0.2, 0) is 0 Å². The van der Waals surface area contributed by atoms with E-state index < -0.39 is 0 Å². The van der Waals surface area contributed by atoms with Crippen molar-refractivity contribution in [2.24, 2.45) is 0 Å². The van der Waals surface area contributed by atoms with Crippen LogP contribution in [-0.4, -0.2) is 9.55 Å². The summed E-state index contributed by atoms with van der Waals surface area (Å²) in [6, 6.07) is 19.6. The molecule has 4 aromatic rings. The van der Waals surface area contributed by atoms with Gasteiger partial charge in [-0.25, -0.2) is 9.37 Å².